The number of halogens is 1. The fourth-order valence-electron chi connectivity index (χ4n) is 3.08. The summed E-state index contributed by atoms with van der Waals surface area (Å²) < 4.78 is 23.2. The van der Waals surface area contributed by atoms with Gasteiger partial charge in [0.05, 0.1) is 21.7 Å². The minimum absolute atomic E-state index is 0.0817. The molecule has 4 rings (SSSR count). The Balaban J connectivity index is 1.78. The number of carbonyl (C=O) groups is 1. The van der Waals surface area contributed by atoms with Gasteiger partial charge < -0.3 is 5.32 Å². The van der Waals surface area contributed by atoms with Gasteiger partial charge in [-0.15, -0.1) is 0 Å². The summed E-state index contributed by atoms with van der Waals surface area (Å²) in [5, 5.41) is 9.20. The Morgan fingerprint density at radius 1 is 0.933 bits per heavy atom. The number of hydrogen-bond donors (Lipinski definition) is 2. The number of primary sulfonamides is 1. The van der Waals surface area contributed by atoms with Gasteiger partial charge in [-0.25, -0.2) is 18.5 Å². The predicted molar refractivity (Wildman–Crippen MR) is 118 cm³/mol. The van der Waals surface area contributed by atoms with Crippen LogP contribution in [0.1, 0.15) is 10.4 Å². The molecule has 1 aromatic heterocycles. The lowest BCUT2D eigenvalue weighted by Crippen LogP contribution is -2.15. The zero-order chi connectivity index (χ0) is 21.3. The smallest absolute Gasteiger partial charge is 0.256 e. The van der Waals surface area contributed by atoms with Crippen LogP contribution in [0.15, 0.2) is 83.8 Å². The Bertz CT molecular complexity index is 1370. The van der Waals surface area contributed by atoms with E-state index < -0.39 is 15.9 Å². The Morgan fingerprint density at radius 2 is 1.67 bits per heavy atom. The van der Waals surface area contributed by atoms with Crippen LogP contribution in [0.3, 0.4) is 0 Å². The Kier molecular flexibility index (Phi) is 5.26. The van der Waals surface area contributed by atoms with Crippen molar-refractivity contribution in [2.45, 2.75) is 4.90 Å². The molecule has 0 spiro atoms. The van der Waals surface area contributed by atoms with Crippen molar-refractivity contribution in [2.75, 3.05) is 5.32 Å². The van der Waals surface area contributed by atoms with Crippen LogP contribution in [0.4, 0.5) is 5.69 Å². The number of anilines is 1. The van der Waals surface area contributed by atoms with Gasteiger partial charge in [-0.1, -0.05) is 48.0 Å². The van der Waals surface area contributed by atoms with Crippen molar-refractivity contribution in [3.63, 3.8) is 0 Å². The third-order valence-electron chi connectivity index (χ3n) is 4.52. The molecule has 3 aromatic carbocycles. The first-order chi connectivity index (χ1) is 14.3. The van der Waals surface area contributed by atoms with Gasteiger partial charge in [-0.3, -0.25) is 4.79 Å². The maximum absolute atomic E-state index is 13.1. The maximum atomic E-state index is 13.1. The topological polar surface area (TPSA) is 102 Å². The number of benzene rings is 3. The molecule has 0 saturated carbocycles. The number of nitrogens with one attached hydrogen (secondary N) is 1. The Hall–Kier alpha value is -3.26. The number of aromatic nitrogens is 1. The largest absolute Gasteiger partial charge is 0.322 e. The van der Waals surface area contributed by atoms with Gasteiger partial charge in [0.15, 0.2) is 0 Å². The van der Waals surface area contributed by atoms with Crippen molar-refractivity contribution in [1.82, 2.24) is 4.98 Å². The summed E-state index contributed by atoms with van der Waals surface area (Å²) in [6.07, 6.45) is 0. The molecule has 4 aromatic rings. The lowest BCUT2D eigenvalue weighted by atomic mass is 10.0. The number of fused-ring (bicyclic) bond motifs is 1. The molecule has 8 heteroatoms. The van der Waals surface area contributed by atoms with Gasteiger partial charge in [0.25, 0.3) is 5.91 Å². The molecule has 6 nitrogen and oxygen atoms in total. The number of nitrogens with two attached hydrogens (primary N) is 1. The molecule has 0 saturated heterocycles. The van der Waals surface area contributed by atoms with Crippen LogP contribution in [0.5, 0.6) is 0 Å². The third-order valence-corrected chi connectivity index (χ3v) is 5.68. The molecule has 1 heterocycles. The second kappa shape index (κ2) is 7.87. The van der Waals surface area contributed by atoms with Gasteiger partial charge in [-0.05, 0) is 42.5 Å². The third kappa shape index (κ3) is 4.18. The molecule has 30 heavy (non-hydrogen) atoms. The molecule has 150 valence electrons. The molecule has 0 fully saturated rings. The lowest BCUT2D eigenvalue weighted by molar-refractivity contribution is 0.102. The summed E-state index contributed by atoms with van der Waals surface area (Å²) in [5.74, 6) is -0.393. The number of nitrogens with zero attached hydrogens (tertiary/aromatic N) is 1. The predicted octanol–water partition coefficient (Wildman–Crippen LogP) is 4.45. The molecular formula is C22H16ClN3O3S. The van der Waals surface area contributed by atoms with Gasteiger partial charge in [0.2, 0.25) is 10.0 Å². The number of carbonyl (C=O) groups excluding carboxylic acids is 1. The summed E-state index contributed by atoms with van der Waals surface area (Å²) in [6, 6.07) is 22.0. The number of pyridine rings is 1. The van der Waals surface area contributed by atoms with E-state index in [1.54, 1.807) is 24.3 Å². The van der Waals surface area contributed by atoms with E-state index in [0.717, 1.165) is 5.56 Å². The zero-order valence-corrected chi connectivity index (χ0v) is 17.1. The first-order valence-electron chi connectivity index (χ1n) is 8.91. The minimum atomic E-state index is -3.88. The van der Waals surface area contributed by atoms with Crippen molar-refractivity contribution in [2.24, 2.45) is 5.14 Å². The molecule has 1 amide bonds. The second-order valence-electron chi connectivity index (χ2n) is 6.61. The zero-order valence-electron chi connectivity index (χ0n) is 15.5. The number of rotatable bonds is 4. The van der Waals surface area contributed by atoms with Gasteiger partial charge in [0, 0.05) is 21.7 Å². The van der Waals surface area contributed by atoms with E-state index in [4.69, 9.17) is 16.7 Å². The highest BCUT2D eigenvalue weighted by atomic mass is 35.5. The first-order valence-corrected chi connectivity index (χ1v) is 10.8. The van der Waals surface area contributed by atoms with E-state index in [9.17, 15) is 13.2 Å². The highest BCUT2D eigenvalue weighted by Crippen LogP contribution is 2.27. The number of hydrogen-bond acceptors (Lipinski definition) is 4. The standard InChI is InChI=1S/C22H16ClN3O3S/c23-15-10-8-14(9-11-15)21-13-19(18-6-1-2-7-20(18)26-21)22(27)25-16-4-3-5-17(12-16)30(24,28)29/h1-13H,(H,25,27)(H2,24,28,29). The summed E-state index contributed by atoms with van der Waals surface area (Å²) >= 11 is 5.97. The summed E-state index contributed by atoms with van der Waals surface area (Å²) in [6.45, 7) is 0. The maximum Gasteiger partial charge on any atom is 0.256 e. The average molecular weight is 438 g/mol. The van der Waals surface area contributed by atoms with Gasteiger partial charge in [0.1, 0.15) is 0 Å². The number of amides is 1. The summed E-state index contributed by atoms with van der Waals surface area (Å²) in [4.78, 5) is 17.7. The Labute approximate surface area is 178 Å². The highest BCUT2D eigenvalue weighted by Gasteiger charge is 2.15. The van der Waals surface area contributed by atoms with E-state index >= 15 is 0 Å². The van der Waals surface area contributed by atoms with Crippen LogP contribution in [-0.4, -0.2) is 19.3 Å². The normalized spacial score (nSPS) is 11.4. The molecule has 0 unspecified atom stereocenters. The number of sulfonamides is 1. The highest BCUT2D eigenvalue weighted by molar-refractivity contribution is 7.89. The Morgan fingerprint density at radius 3 is 2.40 bits per heavy atom. The van der Waals surface area contributed by atoms with Crippen LogP contribution >= 0.6 is 11.6 Å². The van der Waals surface area contributed by atoms with Crippen LogP contribution in [0.25, 0.3) is 22.2 Å². The van der Waals surface area contributed by atoms with Crippen LogP contribution in [0, 0.1) is 0 Å². The van der Waals surface area contributed by atoms with Crippen LogP contribution in [0.2, 0.25) is 5.02 Å². The molecule has 0 atom stereocenters. The molecule has 3 N–H and O–H groups in total. The molecule has 0 aliphatic heterocycles. The minimum Gasteiger partial charge on any atom is -0.322 e. The van der Waals surface area contributed by atoms with Crippen molar-refractivity contribution in [1.29, 1.82) is 0 Å². The van der Waals surface area contributed by atoms with E-state index in [-0.39, 0.29) is 4.90 Å². The van der Waals surface area contributed by atoms with Gasteiger partial charge >= 0.3 is 0 Å². The van der Waals surface area contributed by atoms with Crippen LogP contribution in [-0.2, 0) is 10.0 Å². The van der Waals surface area contributed by atoms with Crippen LogP contribution < -0.4 is 10.5 Å². The van der Waals surface area contributed by atoms with Crippen molar-refractivity contribution in [3.8, 4) is 11.3 Å². The average Bonchev–Trinajstić information content (AvgIpc) is 2.73. The van der Waals surface area contributed by atoms with Crippen molar-refractivity contribution in [3.05, 3.63) is 89.4 Å². The van der Waals surface area contributed by atoms with Gasteiger partial charge in [-0.2, -0.15) is 0 Å². The first kappa shape index (κ1) is 20.0. The van der Waals surface area contributed by atoms with E-state index in [0.29, 0.717) is 32.9 Å². The molecule has 0 radical (unpaired) electrons. The quantitative estimate of drug-likeness (QED) is 0.492. The SMILES string of the molecule is NS(=O)(=O)c1cccc(NC(=O)c2cc(-c3ccc(Cl)cc3)nc3ccccc23)c1. The summed E-state index contributed by atoms with van der Waals surface area (Å²) in [5.41, 5.74) is 2.82. The van der Waals surface area contributed by atoms with E-state index in [1.165, 1.54) is 18.2 Å². The molecular weight excluding hydrogens is 422 g/mol. The van der Waals surface area contributed by atoms with E-state index in [2.05, 4.69) is 10.3 Å². The lowest BCUT2D eigenvalue weighted by Gasteiger charge is -2.11. The van der Waals surface area contributed by atoms with E-state index in [1.807, 2.05) is 36.4 Å². The molecule has 0 bridgehead atoms. The van der Waals surface area contributed by atoms with Crippen molar-refractivity contribution < 1.29 is 13.2 Å². The van der Waals surface area contributed by atoms with Crippen molar-refractivity contribution >= 4 is 44.1 Å². The fourth-order valence-corrected chi connectivity index (χ4v) is 3.77. The molecule has 0 aliphatic rings. The fraction of sp³-hybridized carbons (Fsp3) is 0. The summed E-state index contributed by atoms with van der Waals surface area (Å²) in [7, 11) is -3.88. The number of para-hydroxylation sites is 1. The monoisotopic (exact) mass is 437 g/mol. The molecule has 0 aliphatic carbocycles. The second-order valence-corrected chi connectivity index (χ2v) is 8.60.